The second-order valence-corrected chi connectivity index (χ2v) is 6.81. The molecule has 2 rings (SSSR count). The highest BCUT2D eigenvalue weighted by atomic mass is 35.5. The largest absolute Gasteiger partial charge is 0.444 e. The summed E-state index contributed by atoms with van der Waals surface area (Å²) in [6, 6.07) is 4.01. The van der Waals surface area contributed by atoms with Crippen molar-refractivity contribution in [2.24, 2.45) is 5.92 Å². The van der Waals surface area contributed by atoms with Crippen molar-refractivity contribution in [3.63, 3.8) is 0 Å². The standard InChI is InChI=1S/C16H19ClFNO3/c1-16(2,3)22-15(21)19-7-6-11(9-19)14(20)10-4-5-12(17)13(18)8-10/h4-5,8,11H,6-7,9H2,1-3H3. The molecular weight excluding hydrogens is 309 g/mol. The van der Waals surface area contributed by atoms with Crippen LogP contribution >= 0.6 is 11.6 Å². The Bertz CT molecular complexity index is 598. The van der Waals surface area contributed by atoms with Gasteiger partial charge in [0, 0.05) is 24.6 Å². The fourth-order valence-corrected chi connectivity index (χ4v) is 2.47. The van der Waals surface area contributed by atoms with Gasteiger partial charge in [0.2, 0.25) is 0 Å². The quantitative estimate of drug-likeness (QED) is 0.773. The van der Waals surface area contributed by atoms with Crippen LogP contribution in [0.25, 0.3) is 0 Å². The summed E-state index contributed by atoms with van der Waals surface area (Å²) in [6.45, 7) is 6.12. The second-order valence-electron chi connectivity index (χ2n) is 6.41. The van der Waals surface area contributed by atoms with Gasteiger partial charge in [-0.2, -0.15) is 0 Å². The number of carbonyl (C=O) groups excluding carboxylic acids is 2. The first-order valence-corrected chi connectivity index (χ1v) is 7.52. The molecule has 0 aliphatic carbocycles. The van der Waals surface area contributed by atoms with Gasteiger partial charge in [0.05, 0.1) is 5.02 Å². The van der Waals surface area contributed by atoms with Crippen molar-refractivity contribution in [3.8, 4) is 0 Å². The zero-order chi connectivity index (χ0) is 16.5. The van der Waals surface area contributed by atoms with Crippen LogP contribution in [0.5, 0.6) is 0 Å². The molecule has 1 aromatic rings. The number of rotatable bonds is 2. The predicted octanol–water partition coefficient (Wildman–Crippen LogP) is 3.92. The lowest BCUT2D eigenvalue weighted by Crippen LogP contribution is -2.35. The summed E-state index contributed by atoms with van der Waals surface area (Å²) in [5, 5.41) is -0.0154. The molecule has 1 fully saturated rings. The van der Waals surface area contributed by atoms with Crippen molar-refractivity contribution in [2.75, 3.05) is 13.1 Å². The number of ether oxygens (including phenoxy) is 1. The Morgan fingerprint density at radius 1 is 1.36 bits per heavy atom. The SMILES string of the molecule is CC(C)(C)OC(=O)N1CCC(C(=O)c2ccc(Cl)c(F)c2)C1. The third-order valence-corrected chi connectivity index (χ3v) is 3.72. The van der Waals surface area contributed by atoms with E-state index in [4.69, 9.17) is 16.3 Å². The number of hydrogen-bond donors (Lipinski definition) is 0. The minimum Gasteiger partial charge on any atom is -0.444 e. The smallest absolute Gasteiger partial charge is 0.410 e. The summed E-state index contributed by atoms with van der Waals surface area (Å²) < 4.78 is 18.7. The van der Waals surface area contributed by atoms with Gasteiger partial charge in [0.25, 0.3) is 0 Å². The van der Waals surface area contributed by atoms with Crippen LogP contribution in [0.15, 0.2) is 18.2 Å². The van der Waals surface area contributed by atoms with Crippen LogP contribution in [-0.4, -0.2) is 35.5 Å². The minimum atomic E-state index is -0.616. The van der Waals surface area contributed by atoms with Crippen molar-refractivity contribution in [1.82, 2.24) is 4.90 Å². The van der Waals surface area contributed by atoms with E-state index in [0.29, 0.717) is 13.0 Å². The molecule has 6 heteroatoms. The number of likely N-dealkylation sites (tertiary alicyclic amines) is 1. The Morgan fingerprint density at radius 3 is 2.64 bits per heavy atom. The zero-order valence-corrected chi connectivity index (χ0v) is 13.6. The Hall–Kier alpha value is -1.62. The molecule has 1 aliphatic rings. The normalized spacial score (nSPS) is 18.4. The number of carbonyl (C=O) groups is 2. The summed E-state index contributed by atoms with van der Waals surface area (Å²) in [5.41, 5.74) is -0.295. The van der Waals surface area contributed by atoms with Gasteiger partial charge >= 0.3 is 6.09 Å². The monoisotopic (exact) mass is 327 g/mol. The maximum absolute atomic E-state index is 13.4. The average Bonchev–Trinajstić information content (AvgIpc) is 2.89. The Balaban J connectivity index is 2.02. The summed E-state index contributed by atoms with van der Waals surface area (Å²) in [7, 11) is 0. The first-order valence-electron chi connectivity index (χ1n) is 7.14. The molecule has 1 aromatic carbocycles. The highest BCUT2D eigenvalue weighted by molar-refractivity contribution is 6.30. The molecule has 1 saturated heterocycles. The molecule has 0 radical (unpaired) electrons. The molecule has 1 atom stereocenters. The van der Waals surface area contributed by atoms with E-state index in [1.54, 1.807) is 20.8 Å². The number of amides is 1. The lowest BCUT2D eigenvalue weighted by molar-refractivity contribution is 0.0289. The van der Waals surface area contributed by atoms with Crippen molar-refractivity contribution >= 4 is 23.5 Å². The van der Waals surface area contributed by atoms with Crippen LogP contribution in [0, 0.1) is 11.7 Å². The number of nitrogens with zero attached hydrogens (tertiary/aromatic N) is 1. The van der Waals surface area contributed by atoms with E-state index < -0.39 is 17.5 Å². The molecule has 0 bridgehead atoms. The van der Waals surface area contributed by atoms with E-state index >= 15 is 0 Å². The van der Waals surface area contributed by atoms with Crippen molar-refractivity contribution in [2.45, 2.75) is 32.8 Å². The van der Waals surface area contributed by atoms with Gasteiger partial charge in [0.15, 0.2) is 5.78 Å². The van der Waals surface area contributed by atoms with Crippen LogP contribution in [0.2, 0.25) is 5.02 Å². The highest BCUT2D eigenvalue weighted by Gasteiger charge is 2.33. The topological polar surface area (TPSA) is 46.6 Å². The molecule has 0 saturated carbocycles. The van der Waals surface area contributed by atoms with Crippen LogP contribution in [0.4, 0.5) is 9.18 Å². The summed E-state index contributed by atoms with van der Waals surface area (Å²) >= 11 is 5.62. The fraction of sp³-hybridized carbons (Fsp3) is 0.500. The molecular formula is C16H19ClFNO3. The van der Waals surface area contributed by atoms with Gasteiger partial charge in [0.1, 0.15) is 11.4 Å². The minimum absolute atomic E-state index is 0.0154. The third kappa shape index (κ3) is 3.97. The van der Waals surface area contributed by atoms with Crippen LogP contribution in [-0.2, 0) is 4.74 Å². The van der Waals surface area contributed by atoms with Gasteiger partial charge < -0.3 is 9.64 Å². The number of Topliss-reactive ketones (excluding diaryl/α,β-unsaturated/α-hetero) is 1. The molecule has 1 unspecified atom stereocenters. The third-order valence-electron chi connectivity index (χ3n) is 3.41. The van der Waals surface area contributed by atoms with Gasteiger partial charge in [-0.25, -0.2) is 9.18 Å². The zero-order valence-electron chi connectivity index (χ0n) is 12.9. The van der Waals surface area contributed by atoms with E-state index in [0.717, 1.165) is 6.07 Å². The molecule has 1 heterocycles. The van der Waals surface area contributed by atoms with Crippen LogP contribution in [0.3, 0.4) is 0 Å². The molecule has 0 N–H and O–H groups in total. The molecule has 22 heavy (non-hydrogen) atoms. The van der Waals surface area contributed by atoms with Crippen molar-refractivity contribution in [3.05, 3.63) is 34.6 Å². The van der Waals surface area contributed by atoms with Gasteiger partial charge in [-0.15, -0.1) is 0 Å². The van der Waals surface area contributed by atoms with E-state index in [1.165, 1.54) is 17.0 Å². The number of benzene rings is 1. The summed E-state index contributed by atoms with van der Waals surface area (Å²) in [6.07, 6.45) is 0.118. The fourth-order valence-electron chi connectivity index (χ4n) is 2.35. The van der Waals surface area contributed by atoms with E-state index in [-0.39, 0.29) is 28.8 Å². The molecule has 4 nitrogen and oxygen atoms in total. The first-order chi connectivity index (χ1) is 10.2. The lowest BCUT2D eigenvalue weighted by atomic mass is 9.97. The van der Waals surface area contributed by atoms with Gasteiger partial charge in [-0.3, -0.25) is 4.79 Å². The lowest BCUT2D eigenvalue weighted by Gasteiger charge is -2.24. The Kier molecular flexibility index (Phi) is 4.75. The second kappa shape index (κ2) is 6.24. The molecule has 1 amide bonds. The van der Waals surface area contributed by atoms with E-state index in [1.807, 2.05) is 0 Å². The molecule has 0 spiro atoms. The Labute approximate surface area is 134 Å². The van der Waals surface area contributed by atoms with Crippen molar-refractivity contribution < 1.29 is 18.7 Å². The predicted molar refractivity (Wildman–Crippen MR) is 81.7 cm³/mol. The maximum Gasteiger partial charge on any atom is 0.410 e. The van der Waals surface area contributed by atoms with E-state index in [9.17, 15) is 14.0 Å². The molecule has 0 aromatic heterocycles. The molecule has 120 valence electrons. The number of ketones is 1. The summed E-state index contributed by atoms with van der Waals surface area (Å²) in [5.74, 6) is -1.13. The van der Waals surface area contributed by atoms with Crippen molar-refractivity contribution in [1.29, 1.82) is 0 Å². The molecule has 1 aliphatic heterocycles. The number of hydrogen-bond acceptors (Lipinski definition) is 3. The first kappa shape index (κ1) is 16.7. The Morgan fingerprint density at radius 2 is 2.05 bits per heavy atom. The van der Waals surface area contributed by atoms with E-state index in [2.05, 4.69) is 0 Å². The van der Waals surface area contributed by atoms with Crippen LogP contribution < -0.4 is 0 Å². The van der Waals surface area contributed by atoms with Gasteiger partial charge in [-0.05, 0) is 45.4 Å². The average molecular weight is 328 g/mol. The van der Waals surface area contributed by atoms with Gasteiger partial charge in [-0.1, -0.05) is 11.6 Å². The highest BCUT2D eigenvalue weighted by Crippen LogP contribution is 2.24. The number of halogens is 2. The van der Waals surface area contributed by atoms with Crippen LogP contribution in [0.1, 0.15) is 37.6 Å². The maximum atomic E-state index is 13.4. The summed E-state index contributed by atoms with van der Waals surface area (Å²) in [4.78, 5) is 25.9.